The average molecular weight is 413 g/mol. The molecule has 29 heavy (non-hydrogen) atoms. The molecule has 0 radical (unpaired) electrons. The van der Waals surface area contributed by atoms with Crippen molar-refractivity contribution in [2.45, 2.75) is 103 Å². The van der Waals surface area contributed by atoms with Crippen LogP contribution in [-0.4, -0.2) is 38.9 Å². The van der Waals surface area contributed by atoms with Crippen LogP contribution in [0.4, 0.5) is 0 Å². The van der Waals surface area contributed by atoms with Gasteiger partial charge in [0.2, 0.25) is 0 Å². The van der Waals surface area contributed by atoms with Crippen LogP contribution in [0, 0.1) is 0 Å². The van der Waals surface area contributed by atoms with Crippen molar-refractivity contribution in [1.29, 1.82) is 0 Å². The SMILES string of the molecule is C=C(CC(=O)OCCOCCCCCCCCCCCCCCCC)C(=O)OC. The van der Waals surface area contributed by atoms with Gasteiger partial charge in [0, 0.05) is 12.2 Å². The van der Waals surface area contributed by atoms with Gasteiger partial charge in [0.15, 0.2) is 0 Å². The summed E-state index contributed by atoms with van der Waals surface area (Å²) in [5.41, 5.74) is 0.0980. The van der Waals surface area contributed by atoms with Crippen molar-refractivity contribution in [3.8, 4) is 0 Å². The number of hydrogen-bond donors (Lipinski definition) is 0. The minimum absolute atomic E-state index is 0.0980. The summed E-state index contributed by atoms with van der Waals surface area (Å²) in [4.78, 5) is 22.6. The van der Waals surface area contributed by atoms with Crippen LogP contribution in [0.1, 0.15) is 103 Å². The van der Waals surface area contributed by atoms with E-state index >= 15 is 0 Å². The smallest absolute Gasteiger partial charge is 0.333 e. The predicted octanol–water partition coefficient (Wildman–Crippen LogP) is 6.15. The second-order valence-corrected chi connectivity index (χ2v) is 7.70. The Labute approximate surface area is 178 Å². The molecule has 0 rings (SSSR count). The Kier molecular flexibility index (Phi) is 20.3. The molecule has 0 aliphatic rings. The van der Waals surface area contributed by atoms with Crippen LogP contribution in [0.5, 0.6) is 0 Å². The quantitative estimate of drug-likeness (QED) is 0.129. The first-order valence-corrected chi connectivity index (χ1v) is 11.6. The van der Waals surface area contributed by atoms with Crippen LogP contribution in [-0.2, 0) is 23.8 Å². The summed E-state index contributed by atoms with van der Waals surface area (Å²) in [5, 5.41) is 0. The lowest BCUT2D eigenvalue weighted by Crippen LogP contribution is -2.14. The summed E-state index contributed by atoms with van der Waals surface area (Å²) in [5.74, 6) is -1.07. The van der Waals surface area contributed by atoms with Gasteiger partial charge in [-0.2, -0.15) is 0 Å². The van der Waals surface area contributed by atoms with Crippen LogP contribution < -0.4 is 0 Å². The van der Waals surface area contributed by atoms with Gasteiger partial charge in [0.1, 0.15) is 6.61 Å². The van der Waals surface area contributed by atoms with Gasteiger partial charge in [-0.05, 0) is 6.42 Å². The Morgan fingerprint density at radius 2 is 1.17 bits per heavy atom. The molecular formula is C24H44O5. The molecule has 0 aliphatic carbocycles. The van der Waals surface area contributed by atoms with Gasteiger partial charge in [-0.25, -0.2) is 4.79 Å². The highest BCUT2D eigenvalue weighted by Crippen LogP contribution is 2.13. The van der Waals surface area contributed by atoms with Crippen molar-refractivity contribution in [3.63, 3.8) is 0 Å². The van der Waals surface area contributed by atoms with Crippen molar-refractivity contribution >= 4 is 11.9 Å². The molecule has 0 aromatic carbocycles. The van der Waals surface area contributed by atoms with E-state index in [2.05, 4.69) is 18.2 Å². The molecule has 0 aromatic rings. The van der Waals surface area contributed by atoms with Gasteiger partial charge in [-0.15, -0.1) is 0 Å². The number of hydrogen-bond acceptors (Lipinski definition) is 5. The number of methoxy groups -OCH3 is 1. The number of carbonyl (C=O) groups excluding carboxylic acids is 2. The second kappa shape index (κ2) is 21.4. The van der Waals surface area contributed by atoms with E-state index in [9.17, 15) is 9.59 Å². The normalized spacial score (nSPS) is 10.7. The van der Waals surface area contributed by atoms with Gasteiger partial charge in [0.05, 0.1) is 20.1 Å². The fourth-order valence-corrected chi connectivity index (χ4v) is 3.16. The van der Waals surface area contributed by atoms with Crippen molar-refractivity contribution in [3.05, 3.63) is 12.2 Å². The summed E-state index contributed by atoms with van der Waals surface area (Å²) in [6.45, 7) is 7.04. The molecule has 0 saturated heterocycles. The molecule has 5 heteroatoms. The summed E-state index contributed by atoms with van der Waals surface area (Å²) in [6.07, 6.45) is 18.6. The van der Waals surface area contributed by atoms with E-state index in [-0.39, 0.29) is 18.6 Å². The van der Waals surface area contributed by atoms with Gasteiger partial charge < -0.3 is 14.2 Å². The van der Waals surface area contributed by atoms with E-state index in [0.717, 1.165) is 6.42 Å². The van der Waals surface area contributed by atoms with Crippen LogP contribution in [0.3, 0.4) is 0 Å². The molecule has 5 nitrogen and oxygen atoms in total. The summed E-state index contributed by atoms with van der Waals surface area (Å²) < 4.78 is 15.0. The van der Waals surface area contributed by atoms with E-state index in [0.29, 0.717) is 13.2 Å². The number of esters is 2. The summed E-state index contributed by atoms with van der Waals surface area (Å²) in [6, 6.07) is 0. The topological polar surface area (TPSA) is 61.8 Å². The molecule has 0 aliphatic heterocycles. The zero-order valence-corrected chi connectivity index (χ0v) is 19.0. The van der Waals surface area contributed by atoms with E-state index in [1.165, 1.54) is 90.6 Å². The van der Waals surface area contributed by atoms with Crippen molar-refractivity contribution in [2.24, 2.45) is 0 Å². The predicted molar refractivity (Wildman–Crippen MR) is 118 cm³/mol. The maximum atomic E-state index is 11.5. The van der Waals surface area contributed by atoms with E-state index in [4.69, 9.17) is 9.47 Å². The molecule has 0 spiro atoms. The maximum absolute atomic E-state index is 11.5. The average Bonchev–Trinajstić information content (AvgIpc) is 2.72. The third kappa shape index (κ3) is 19.7. The molecule has 0 saturated carbocycles. The third-order valence-electron chi connectivity index (χ3n) is 4.96. The largest absolute Gasteiger partial charge is 0.466 e. The third-order valence-corrected chi connectivity index (χ3v) is 4.96. The lowest BCUT2D eigenvalue weighted by atomic mass is 10.0. The van der Waals surface area contributed by atoms with E-state index in [1.54, 1.807) is 0 Å². The lowest BCUT2D eigenvalue weighted by Gasteiger charge is -2.07. The Balaban J connectivity index is 3.21. The van der Waals surface area contributed by atoms with Crippen molar-refractivity contribution in [2.75, 3.05) is 26.9 Å². The first-order valence-electron chi connectivity index (χ1n) is 11.6. The zero-order valence-electron chi connectivity index (χ0n) is 19.0. The van der Waals surface area contributed by atoms with Gasteiger partial charge >= 0.3 is 11.9 Å². The summed E-state index contributed by atoms with van der Waals surface area (Å²) in [7, 11) is 1.25. The molecule has 0 fully saturated rings. The van der Waals surface area contributed by atoms with E-state index < -0.39 is 11.9 Å². The van der Waals surface area contributed by atoms with Gasteiger partial charge in [-0.3, -0.25) is 4.79 Å². The van der Waals surface area contributed by atoms with Crippen LogP contribution in [0.2, 0.25) is 0 Å². The number of rotatable bonds is 21. The molecule has 0 atom stereocenters. The van der Waals surface area contributed by atoms with Crippen LogP contribution in [0.25, 0.3) is 0 Å². The number of unbranched alkanes of at least 4 members (excludes halogenated alkanes) is 13. The molecule has 170 valence electrons. The molecule has 0 unspecified atom stereocenters. The standard InChI is InChI=1S/C24H44O5/c1-4-5-6-7-8-9-10-11-12-13-14-15-16-17-18-28-19-20-29-23(25)21-22(2)24(26)27-3/h2,4-21H2,1,3H3. The zero-order chi connectivity index (χ0) is 21.6. The molecule has 0 bridgehead atoms. The summed E-state index contributed by atoms with van der Waals surface area (Å²) >= 11 is 0. The van der Waals surface area contributed by atoms with Crippen molar-refractivity contribution < 1.29 is 23.8 Å². The monoisotopic (exact) mass is 412 g/mol. The highest BCUT2D eigenvalue weighted by Gasteiger charge is 2.12. The minimum Gasteiger partial charge on any atom is -0.466 e. The fourth-order valence-electron chi connectivity index (χ4n) is 3.16. The molecule has 0 amide bonds. The maximum Gasteiger partial charge on any atom is 0.333 e. The first kappa shape index (κ1) is 27.6. The van der Waals surface area contributed by atoms with Crippen molar-refractivity contribution in [1.82, 2.24) is 0 Å². The highest BCUT2D eigenvalue weighted by atomic mass is 16.6. The second-order valence-electron chi connectivity index (χ2n) is 7.70. The number of carbonyl (C=O) groups is 2. The molecule has 0 aromatic heterocycles. The number of ether oxygens (including phenoxy) is 3. The van der Waals surface area contributed by atoms with Gasteiger partial charge in [0.25, 0.3) is 0 Å². The molecule has 0 heterocycles. The Morgan fingerprint density at radius 3 is 1.66 bits per heavy atom. The minimum atomic E-state index is -0.587. The first-order chi connectivity index (χ1) is 14.1. The Morgan fingerprint density at radius 1 is 0.690 bits per heavy atom. The molecule has 0 N–H and O–H groups in total. The van der Waals surface area contributed by atoms with Crippen LogP contribution in [0.15, 0.2) is 12.2 Å². The Hall–Kier alpha value is -1.36. The highest BCUT2D eigenvalue weighted by molar-refractivity contribution is 5.93. The molecular weight excluding hydrogens is 368 g/mol. The Bertz CT molecular complexity index is 419. The van der Waals surface area contributed by atoms with Crippen LogP contribution >= 0.6 is 0 Å². The van der Waals surface area contributed by atoms with E-state index in [1.807, 2.05) is 0 Å². The lowest BCUT2D eigenvalue weighted by molar-refractivity contribution is -0.146. The van der Waals surface area contributed by atoms with Gasteiger partial charge in [-0.1, -0.05) is 97.0 Å². The fraction of sp³-hybridized carbons (Fsp3) is 0.833.